The third-order valence-corrected chi connectivity index (χ3v) is 2.31. The van der Waals surface area contributed by atoms with Gasteiger partial charge in [-0.3, -0.25) is 0 Å². The molecule has 1 N–H and O–H groups in total. The van der Waals surface area contributed by atoms with Gasteiger partial charge in [-0.25, -0.2) is 18.6 Å². The lowest BCUT2D eigenvalue weighted by Crippen LogP contribution is -2.08. The molecule has 15 heavy (non-hydrogen) atoms. The molecule has 1 heterocycles. The van der Waals surface area contributed by atoms with Crippen molar-refractivity contribution >= 4 is 29.2 Å². The molecule has 82 valence electrons. The van der Waals surface area contributed by atoms with Gasteiger partial charge in [-0.05, 0) is 5.56 Å². The minimum absolute atomic E-state index is 0.0338. The van der Waals surface area contributed by atoms with Crippen molar-refractivity contribution in [3.8, 4) is 0 Å². The summed E-state index contributed by atoms with van der Waals surface area (Å²) in [5.41, 5.74) is -1.39. The fourth-order valence-corrected chi connectivity index (χ4v) is 1.54. The number of hydrogen-bond acceptors (Lipinski definition) is 2. The Balaban J connectivity index is 3.51. The van der Waals surface area contributed by atoms with Crippen LogP contribution in [0.3, 0.4) is 0 Å². The molecule has 1 aromatic heterocycles. The van der Waals surface area contributed by atoms with Crippen LogP contribution in [0, 0.1) is 0 Å². The summed E-state index contributed by atoms with van der Waals surface area (Å²) in [6.45, 7) is 0. The summed E-state index contributed by atoms with van der Waals surface area (Å²) in [7, 11) is 0. The van der Waals surface area contributed by atoms with E-state index in [1.165, 1.54) is 0 Å². The van der Waals surface area contributed by atoms with Crippen LogP contribution >= 0.6 is 23.2 Å². The third kappa shape index (κ3) is 2.35. The lowest BCUT2D eigenvalue weighted by molar-refractivity contribution is 0.0684. The van der Waals surface area contributed by atoms with Gasteiger partial charge in [0.15, 0.2) is 0 Å². The Kier molecular flexibility index (Phi) is 3.82. The molecule has 3 nitrogen and oxygen atoms in total. The highest BCUT2D eigenvalue weighted by atomic mass is 35.5. The number of nitrogens with zero attached hydrogens (tertiary/aromatic N) is 1. The monoisotopic (exact) mass is 255 g/mol. The SMILES string of the molecule is O=C(O)c1c(Cl)ncc(CCl)c1C(F)F. The summed E-state index contributed by atoms with van der Waals surface area (Å²) in [5, 5.41) is 8.25. The van der Waals surface area contributed by atoms with E-state index in [1.54, 1.807) is 0 Å². The van der Waals surface area contributed by atoms with Crippen LogP contribution in [0.15, 0.2) is 6.20 Å². The maximum Gasteiger partial charge on any atom is 0.339 e. The van der Waals surface area contributed by atoms with Gasteiger partial charge in [-0.1, -0.05) is 11.6 Å². The zero-order chi connectivity index (χ0) is 11.6. The van der Waals surface area contributed by atoms with Crippen molar-refractivity contribution in [2.24, 2.45) is 0 Å². The van der Waals surface area contributed by atoms with Crippen molar-refractivity contribution in [1.82, 2.24) is 4.98 Å². The molecule has 0 unspecified atom stereocenters. The number of hydrogen-bond donors (Lipinski definition) is 1. The van der Waals surface area contributed by atoms with Crippen molar-refractivity contribution in [2.45, 2.75) is 12.3 Å². The van der Waals surface area contributed by atoms with Gasteiger partial charge in [0.1, 0.15) is 10.7 Å². The molecule has 0 aliphatic heterocycles. The maximum atomic E-state index is 12.6. The third-order valence-electron chi connectivity index (χ3n) is 1.73. The maximum absolute atomic E-state index is 12.6. The lowest BCUT2D eigenvalue weighted by atomic mass is 10.1. The van der Waals surface area contributed by atoms with Crippen LogP contribution in [-0.2, 0) is 5.88 Å². The number of carboxylic acid groups (broad SMARTS) is 1. The molecular formula is C8H5Cl2F2NO2. The average molecular weight is 256 g/mol. The first-order chi connectivity index (χ1) is 6.99. The molecule has 0 atom stereocenters. The molecule has 0 saturated heterocycles. The first kappa shape index (κ1) is 12.1. The fraction of sp³-hybridized carbons (Fsp3) is 0.250. The lowest BCUT2D eigenvalue weighted by Gasteiger charge is -2.10. The molecule has 0 aliphatic carbocycles. The highest BCUT2D eigenvalue weighted by molar-refractivity contribution is 6.32. The van der Waals surface area contributed by atoms with Crippen LogP contribution in [0.2, 0.25) is 5.15 Å². The summed E-state index contributed by atoms with van der Waals surface area (Å²) < 4.78 is 25.2. The van der Waals surface area contributed by atoms with Crippen molar-refractivity contribution in [3.63, 3.8) is 0 Å². The zero-order valence-electron chi connectivity index (χ0n) is 7.18. The molecular weight excluding hydrogens is 251 g/mol. The van der Waals surface area contributed by atoms with Crippen LogP contribution in [0.4, 0.5) is 8.78 Å². The molecule has 7 heteroatoms. The van der Waals surface area contributed by atoms with Gasteiger partial charge in [0, 0.05) is 17.6 Å². The molecule has 0 saturated carbocycles. The first-order valence-corrected chi connectivity index (χ1v) is 4.65. The molecule has 0 amide bonds. The normalized spacial score (nSPS) is 10.7. The van der Waals surface area contributed by atoms with Gasteiger partial charge in [0.05, 0.1) is 0 Å². The number of carbonyl (C=O) groups is 1. The van der Waals surface area contributed by atoms with E-state index in [0.717, 1.165) is 6.20 Å². The van der Waals surface area contributed by atoms with Gasteiger partial charge < -0.3 is 5.11 Å². The van der Waals surface area contributed by atoms with Gasteiger partial charge >= 0.3 is 5.97 Å². The van der Waals surface area contributed by atoms with Crippen LogP contribution in [0.1, 0.15) is 27.9 Å². The number of rotatable bonds is 3. The van der Waals surface area contributed by atoms with Crippen LogP contribution in [0.25, 0.3) is 0 Å². The quantitative estimate of drug-likeness (QED) is 0.667. The highest BCUT2D eigenvalue weighted by Crippen LogP contribution is 2.31. The van der Waals surface area contributed by atoms with E-state index in [4.69, 9.17) is 28.3 Å². The van der Waals surface area contributed by atoms with Crippen LogP contribution in [0.5, 0.6) is 0 Å². The van der Waals surface area contributed by atoms with E-state index in [0.29, 0.717) is 0 Å². The molecule has 0 aliphatic rings. The zero-order valence-corrected chi connectivity index (χ0v) is 8.69. The summed E-state index contributed by atoms with van der Waals surface area (Å²) >= 11 is 10.8. The van der Waals surface area contributed by atoms with Crippen molar-refractivity contribution in [2.75, 3.05) is 0 Å². The summed E-state index contributed by atoms with van der Waals surface area (Å²) in [4.78, 5) is 14.2. The minimum atomic E-state index is -2.95. The molecule has 0 radical (unpaired) electrons. The predicted molar refractivity (Wildman–Crippen MR) is 50.7 cm³/mol. The highest BCUT2D eigenvalue weighted by Gasteiger charge is 2.25. The first-order valence-electron chi connectivity index (χ1n) is 3.73. The van der Waals surface area contributed by atoms with Gasteiger partial charge in [0.2, 0.25) is 0 Å². The molecule has 0 bridgehead atoms. The number of aromatic carboxylic acids is 1. The molecule has 1 rings (SSSR count). The van der Waals surface area contributed by atoms with Gasteiger partial charge in [-0.2, -0.15) is 0 Å². The van der Waals surface area contributed by atoms with E-state index in [1.807, 2.05) is 0 Å². The number of carboxylic acids is 1. The van der Waals surface area contributed by atoms with E-state index >= 15 is 0 Å². The largest absolute Gasteiger partial charge is 0.478 e. The minimum Gasteiger partial charge on any atom is -0.478 e. The van der Waals surface area contributed by atoms with E-state index in [9.17, 15) is 13.6 Å². The number of aromatic nitrogens is 1. The van der Waals surface area contributed by atoms with Crippen LogP contribution in [-0.4, -0.2) is 16.1 Å². The van der Waals surface area contributed by atoms with E-state index in [2.05, 4.69) is 4.98 Å². The second-order valence-electron chi connectivity index (χ2n) is 2.60. The van der Waals surface area contributed by atoms with Gasteiger partial charge in [0.25, 0.3) is 6.43 Å². The molecule has 1 aromatic rings. The summed E-state index contributed by atoms with van der Waals surface area (Å²) in [6, 6.07) is 0. The Hall–Kier alpha value is -0.940. The number of pyridine rings is 1. The Morgan fingerprint density at radius 2 is 2.20 bits per heavy atom. The van der Waals surface area contributed by atoms with Crippen molar-refractivity contribution in [3.05, 3.63) is 28.0 Å². The Morgan fingerprint density at radius 1 is 1.60 bits per heavy atom. The second-order valence-corrected chi connectivity index (χ2v) is 3.23. The molecule has 0 aromatic carbocycles. The Labute approximate surface area is 93.6 Å². The van der Waals surface area contributed by atoms with E-state index < -0.39 is 28.7 Å². The number of alkyl halides is 3. The Bertz CT molecular complexity index is 398. The van der Waals surface area contributed by atoms with Crippen molar-refractivity contribution in [1.29, 1.82) is 0 Å². The number of halogens is 4. The Morgan fingerprint density at radius 3 is 2.60 bits per heavy atom. The predicted octanol–water partition coefficient (Wildman–Crippen LogP) is 3.11. The van der Waals surface area contributed by atoms with Crippen molar-refractivity contribution < 1.29 is 18.7 Å². The standard InChI is InChI=1S/C8H5Cl2F2NO2/c9-1-3-2-13-6(10)5(8(14)15)4(3)7(11)12/h2,7H,1H2,(H,14,15). The summed E-state index contributed by atoms with van der Waals surface area (Å²) in [5.74, 6) is -1.79. The fourth-order valence-electron chi connectivity index (χ4n) is 1.10. The molecule has 0 spiro atoms. The average Bonchev–Trinajstić information content (AvgIpc) is 2.16. The van der Waals surface area contributed by atoms with Crippen LogP contribution < -0.4 is 0 Å². The topological polar surface area (TPSA) is 50.2 Å². The van der Waals surface area contributed by atoms with E-state index in [-0.39, 0.29) is 11.4 Å². The summed E-state index contributed by atoms with van der Waals surface area (Å²) in [6.07, 6.45) is -1.91. The smallest absolute Gasteiger partial charge is 0.339 e. The van der Waals surface area contributed by atoms with Gasteiger partial charge in [-0.15, -0.1) is 11.6 Å². The molecule has 0 fully saturated rings. The second kappa shape index (κ2) is 4.72.